The van der Waals surface area contributed by atoms with E-state index in [0.29, 0.717) is 41.6 Å². The van der Waals surface area contributed by atoms with Gasteiger partial charge in [0.1, 0.15) is 12.4 Å². The van der Waals surface area contributed by atoms with E-state index in [1.807, 2.05) is 30.3 Å². The van der Waals surface area contributed by atoms with Gasteiger partial charge in [-0.25, -0.2) is 0 Å². The van der Waals surface area contributed by atoms with E-state index >= 15 is 0 Å². The Bertz CT molecular complexity index is 1370. The van der Waals surface area contributed by atoms with Gasteiger partial charge in [-0.3, -0.25) is 15.0 Å². The summed E-state index contributed by atoms with van der Waals surface area (Å²) >= 11 is 0. The normalized spacial score (nSPS) is 16.0. The summed E-state index contributed by atoms with van der Waals surface area (Å²) in [4.78, 5) is 27.0. The predicted molar refractivity (Wildman–Crippen MR) is 159 cm³/mol. The summed E-state index contributed by atoms with van der Waals surface area (Å²) in [6, 6.07) is 16.3. The topological polar surface area (TPSA) is 150 Å². The zero-order valence-corrected chi connectivity index (χ0v) is 24.7. The molecule has 2 heterocycles. The zero-order chi connectivity index (χ0) is 29.4. The summed E-state index contributed by atoms with van der Waals surface area (Å²) in [7, 11) is 4.52. The molecule has 1 saturated heterocycles. The first-order valence-corrected chi connectivity index (χ1v) is 13.3. The fourth-order valence-electron chi connectivity index (χ4n) is 4.92. The Labute approximate surface area is 251 Å². The molecule has 12 heteroatoms. The number of nitrogens with one attached hydrogen (secondary N) is 1. The smallest absolute Gasteiger partial charge is 0.306 e. The number of amides is 1. The minimum Gasteiger partial charge on any atom is -0.493 e. The summed E-state index contributed by atoms with van der Waals surface area (Å²) in [6.45, 7) is 0.737. The minimum absolute atomic E-state index is 0. The van der Waals surface area contributed by atoms with Crippen molar-refractivity contribution in [2.24, 2.45) is 11.7 Å². The van der Waals surface area contributed by atoms with Gasteiger partial charge in [-0.1, -0.05) is 30.3 Å². The molecule has 1 amide bonds. The molecule has 1 aliphatic heterocycles. The molecule has 1 aromatic heterocycles. The number of carbonyl (C=O) groups excluding carboxylic acids is 2. The van der Waals surface area contributed by atoms with Crippen molar-refractivity contribution >= 4 is 30.1 Å². The van der Waals surface area contributed by atoms with Crippen LogP contribution in [0.15, 0.2) is 54.6 Å². The molecule has 0 radical (unpaired) electrons. The number of aromatic nitrogens is 2. The highest BCUT2D eigenvalue weighted by Gasteiger charge is 2.40. The number of halogens is 1. The third-order valence-electron chi connectivity index (χ3n) is 7.14. The molecule has 42 heavy (non-hydrogen) atoms. The largest absolute Gasteiger partial charge is 0.493 e. The van der Waals surface area contributed by atoms with E-state index < -0.39 is 11.9 Å². The lowest BCUT2D eigenvalue weighted by molar-refractivity contribution is -0.144. The number of hydrogen-bond donors (Lipinski definition) is 2. The van der Waals surface area contributed by atoms with Gasteiger partial charge in [0.15, 0.2) is 11.5 Å². The van der Waals surface area contributed by atoms with Gasteiger partial charge in [-0.15, -0.1) is 22.6 Å². The SMILES string of the molecule is COC(=O)C[C@@H]1C[C@@H](COc2ccc(-c3ccc(C(=N)N)cc3)nn2)N(CCCc2ccc(OC)c(OC)c2)C1=O.Cl. The quantitative estimate of drug-likeness (QED) is 0.171. The maximum absolute atomic E-state index is 13.2. The van der Waals surface area contributed by atoms with Crippen molar-refractivity contribution in [1.29, 1.82) is 5.41 Å². The van der Waals surface area contributed by atoms with Gasteiger partial charge < -0.3 is 29.6 Å². The van der Waals surface area contributed by atoms with Crippen LogP contribution in [0.5, 0.6) is 17.4 Å². The maximum Gasteiger partial charge on any atom is 0.306 e. The Morgan fingerprint density at radius 2 is 1.76 bits per heavy atom. The molecule has 1 fully saturated rings. The molecule has 1 aliphatic rings. The lowest BCUT2D eigenvalue weighted by Gasteiger charge is -2.24. The molecule has 0 spiro atoms. The lowest BCUT2D eigenvalue weighted by Crippen LogP contribution is -2.38. The molecule has 0 saturated carbocycles. The highest BCUT2D eigenvalue weighted by Crippen LogP contribution is 2.30. The summed E-state index contributed by atoms with van der Waals surface area (Å²) < 4.78 is 21.5. The second-order valence-electron chi connectivity index (χ2n) is 9.75. The van der Waals surface area contributed by atoms with Crippen molar-refractivity contribution in [2.75, 3.05) is 34.5 Å². The zero-order valence-electron chi connectivity index (χ0n) is 23.9. The molecule has 224 valence electrons. The van der Waals surface area contributed by atoms with Crippen LogP contribution in [0.4, 0.5) is 0 Å². The Morgan fingerprint density at radius 3 is 2.38 bits per heavy atom. The lowest BCUT2D eigenvalue weighted by atomic mass is 10.0. The number of nitrogens with two attached hydrogens (primary N) is 1. The number of benzene rings is 2. The third-order valence-corrected chi connectivity index (χ3v) is 7.14. The Hall–Kier alpha value is -4.38. The summed E-state index contributed by atoms with van der Waals surface area (Å²) in [5.41, 5.74) is 8.71. The Balaban J connectivity index is 0.00000484. The number of amidine groups is 1. The van der Waals surface area contributed by atoms with Gasteiger partial charge in [0.25, 0.3) is 0 Å². The third kappa shape index (κ3) is 7.88. The predicted octanol–water partition coefficient (Wildman–Crippen LogP) is 3.66. The van der Waals surface area contributed by atoms with Crippen molar-refractivity contribution in [3.8, 4) is 28.6 Å². The fourth-order valence-corrected chi connectivity index (χ4v) is 4.92. The molecule has 4 rings (SSSR count). The number of nitrogen functional groups attached to an aromatic ring is 1. The maximum atomic E-state index is 13.2. The molecule has 2 aromatic carbocycles. The molecule has 3 N–H and O–H groups in total. The minimum atomic E-state index is -0.455. The first-order chi connectivity index (χ1) is 19.8. The molecular weight excluding hydrogens is 562 g/mol. The van der Waals surface area contributed by atoms with Crippen molar-refractivity contribution in [3.05, 3.63) is 65.7 Å². The number of esters is 1. The average molecular weight is 598 g/mol. The van der Waals surface area contributed by atoms with Crippen LogP contribution in [0.2, 0.25) is 0 Å². The van der Waals surface area contributed by atoms with Crippen molar-refractivity contribution in [1.82, 2.24) is 15.1 Å². The van der Waals surface area contributed by atoms with Crippen LogP contribution >= 0.6 is 12.4 Å². The average Bonchev–Trinajstić information content (AvgIpc) is 3.29. The Morgan fingerprint density at radius 1 is 1.02 bits per heavy atom. The Kier molecular flexibility index (Phi) is 11.5. The number of aryl methyl sites for hydroxylation is 1. The van der Waals surface area contributed by atoms with Crippen LogP contribution in [-0.4, -0.2) is 73.3 Å². The van der Waals surface area contributed by atoms with Crippen LogP contribution in [-0.2, 0) is 20.7 Å². The fraction of sp³-hybridized carbons (Fsp3) is 0.367. The second kappa shape index (κ2) is 15.0. The molecule has 0 aliphatic carbocycles. The van der Waals surface area contributed by atoms with Crippen molar-refractivity contribution in [3.63, 3.8) is 0 Å². The van der Waals surface area contributed by atoms with Gasteiger partial charge in [-0.2, -0.15) is 0 Å². The second-order valence-corrected chi connectivity index (χ2v) is 9.75. The van der Waals surface area contributed by atoms with Crippen LogP contribution in [0, 0.1) is 11.3 Å². The first-order valence-electron chi connectivity index (χ1n) is 13.3. The van der Waals surface area contributed by atoms with Gasteiger partial charge in [0.2, 0.25) is 11.8 Å². The molecule has 0 bridgehead atoms. The van der Waals surface area contributed by atoms with E-state index in [-0.39, 0.29) is 43.2 Å². The number of methoxy groups -OCH3 is 3. The summed E-state index contributed by atoms with van der Waals surface area (Å²) in [5, 5.41) is 16.0. The van der Waals surface area contributed by atoms with E-state index in [1.54, 1.807) is 43.4 Å². The summed E-state index contributed by atoms with van der Waals surface area (Å²) in [6.07, 6.45) is 1.98. The van der Waals surface area contributed by atoms with Crippen molar-refractivity contribution < 1.29 is 28.5 Å². The van der Waals surface area contributed by atoms with E-state index in [0.717, 1.165) is 24.0 Å². The van der Waals surface area contributed by atoms with E-state index in [2.05, 4.69) is 10.2 Å². The van der Waals surface area contributed by atoms with E-state index in [4.69, 9.17) is 30.1 Å². The van der Waals surface area contributed by atoms with Crippen LogP contribution < -0.4 is 19.9 Å². The number of rotatable bonds is 13. The van der Waals surface area contributed by atoms with Crippen LogP contribution in [0.3, 0.4) is 0 Å². The first kappa shape index (κ1) is 32.1. The standard InChI is InChI=1S/C30H35N5O6.ClH/c1-38-25-12-6-19(15-26(25)39-2)5-4-14-35-23(16-22(30(35)37)17-28(36)40-3)18-41-27-13-11-24(33-34-27)20-7-9-21(10-8-20)29(31)32;/h6-13,15,22-23H,4-5,14,16-18H2,1-3H3,(H3,31,32);1H/t22-,23-;/m0./s1. The van der Waals surface area contributed by atoms with E-state index in [9.17, 15) is 9.59 Å². The van der Waals surface area contributed by atoms with Crippen molar-refractivity contribution in [2.45, 2.75) is 31.7 Å². The highest BCUT2D eigenvalue weighted by atomic mass is 35.5. The molecule has 3 aromatic rings. The molecule has 2 atom stereocenters. The molecular formula is C30H36ClN5O6. The summed E-state index contributed by atoms with van der Waals surface area (Å²) in [5.74, 6) is 0.717. The van der Waals surface area contributed by atoms with E-state index in [1.165, 1.54) is 7.11 Å². The van der Waals surface area contributed by atoms with Gasteiger partial charge >= 0.3 is 5.97 Å². The molecule has 11 nitrogen and oxygen atoms in total. The van der Waals surface area contributed by atoms with Crippen LogP contribution in [0.1, 0.15) is 30.4 Å². The number of carbonyl (C=O) groups is 2. The monoisotopic (exact) mass is 597 g/mol. The number of nitrogens with zero attached hydrogens (tertiary/aromatic N) is 3. The van der Waals surface area contributed by atoms with Crippen LogP contribution in [0.25, 0.3) is 11.3 Å². The van der Waals surface area contributed by atoms with Gasteiger partial charge in [0.05, 0.1) is 45.4 Å². The molecule has 0 unspecified atom stereocenters. The van der Waals surface area contributed by atoms with Gasteiger partial charge in [-0.05, 0) is 43.0 Å². The number of hydrogen-bond acceptors (Lipinski definition) is 9. The highest BCUT2D eigenvalue weighted by molar-refractivity contribution is 5.95. The van der Waals surface area contributed by atoms with Gasteiger partial charge in [0, 0.05) is 23.7 Å². The number of likely N-dealkylation sites (tertiary alicyclic amines) is 1. The number of ether oxygens (including phenoxy) is 4.